The first-order valence-electron chi connectivity index (χ1n) is 4.41. The van der Waals surface area contributed by atoms with Gasteiger partial charge >= 0.3 is 0 Å². The summed E-state index contributed by atoms with van der Waals surface area (Å²) >= 11 is 6.31. The van der Waals surface area contributed by atoms with Crippen molar-refractivity contribution in [2.45, 2.75) is 25.1 Å². The fourth-order valence-electron chi connectivity index (χ4n) is 1.13. The highest BCUT2D eigenvalue weighted by Gasteiger charge is 2.21. The Morgan fingerprint density at radius 2 is 1.92 bits per heavy atom. The molecule has 0 fully saturated rings. The van der Waals surface area contributed by atoms with Gasteiger partial charge in [-0.05, 0) is 25.8 Å². The predicted molar refractivity (Wildman–Crippen MR) is 59.2 cm³/mol. The summed E-state index contributed by atoms with van der Waals surface area (Å²) in [7, 11) is 0. The Morgan fingerprint density at radius 1 is 1.38 bits per heavy atom. The van der Waals surface area contributed by atoms with Gasteiger partial charge in [0.25, 0.3) is 0 Å². The number of allylic oxidation sites excluding steroid dienone is 1. The average molecular weight is 195 g/mol. The molecule has 0 N–H and O–H groups in total. The van der Waals surface area contributed by atoms with E-state index in [0.29, 0.717) is 0 Å². The Bertz CT molecular complexity index is 285. The van der Waals surface area contributed by atoms with Crippen molar-refractivity contribution < 1.29 is 0 Å². The summed E-state index contributed by atoms with van der Waals surface area (Å²) < 4.78 is 0. The van der Waals surface area contributed by atoms with E-state index in [-0.39, 0.29) is 4.87 Å². The van der Waals surface area contributed by atoms with Crippen molar-refractivity contribution in [3.8, 4) is 0 Å². The molecule has 1 unspecified atom stereocenters. The zero-order valence-corrected chi connectivity index (χ0v) is 8.93. The smallest absolute Gasteiger partial charge is 0.0661 e. The molecule has 0 aliphatic heterocycles. The van der Waals surface area contributed by atoms with Crippen LogP contribution < -0.4 is 0 Å². The van der Waals surface area contributed by atoms with Crippen molar-refractivity contribution in [1.29, 1.82) is 0 Å². The monoisotopic (exact) mass is 194 g/mol. The van der Waals surface area contributed by atoms with Crippen LogP contribution in [0.2, 0.25) is 0 Å². The van der Waals surface area contributed by atoms with Gasteiger partial charge in [0.15, 0.2) is 0 Å². The van der Waals surface area contributed by atoms with E-state index in [2.05, 4.69) is 18.7 Å². The third kappa shape index (κ3) is 2.89. The molecule has 0 radical (unpaired) electrons. The van der Waals surface area contributed by atoms with Crippen molar-refractivity contribution in [3.63, 3.8) is 0 Å². The topological polar surface area (TPSA) is 0 Å². The minimum Gasteiger partial charge on any atom is -0.114 e. The van der Waals surface area contributed by atoms with Gasteiger partial charge in [0, 0.05) is 0 Å². The molecule has 1 rings (SSSR count). The maximum Gasteiger partial charge on any atom is 0.0661 e. The summed E-state index contributed by atoms with van der Waals surface area (Å²) in [6.45, 7) is 7.86. The fourth-order valence-corrected chi connectivity index (χ4v) is 1.28. The van der Waals surface area contributed by atoms with Gasteiger partial charge in [0.2, 0.25) is 0 Å². The van der Waals surface area contributed by atoms with Crippen LogP contribution in [0.3, 0.4) is 0 Å². The lowest BCUT2D eigenvalue weighted by molar-refractivity contribution is 0.725. The fraction of sp³-hybridized carbons (Fsp3) is 0.333. The maximum absolute atomic E-state index is 6.31. The van der Waals surface area contributed by atoms with Gasteiger partial charge in [0.1, 0.15) is 0 Å². The van der Waals surface area contributed by atoms with E-state index in [4.69, 9.17) is 11.6 Å². The lowest BCUT2D eigenvalue weighted by Gasteiger charge is -2.22. The molecule has 0 saturated carbocycles. The number of alkyl halides is 1. The van der Waals surface area contributed by atoms with Crippen LogP contribution in [-0.4, -0.2) is 4.87 Å². The number of rotatable bonds is 3. The zero-order valence-electron chi connectivity index (χ0n) is 8.18. The van der Waals surface area contributed by atoms with Crippen LogP contribution in [-0.2, 0) is 6.42 Å². The van der Waals surface area contributed by atoms with E-state index in [9.17, 15) is 0 Å². The molecule has 0 aliphatic carbocycles. The maximum atomic E-state index is 6.31. The van der Waals surface area contributed by atoms with E-state index in [0.717, 1.165) is 12.0 Å². The van der Waals surface area contributed by atoms with E-state index in [1.807, 2.05) is 32.0 Å². The van der Waals surface area contributed by atoms with E-state index in [1.54, 1.807) is 0 Å². The molecule has 1 atom stereocenters. The normalized spacial score (nSPS) is 15.0. The Hall–Kier alpha value is -0.750. The first-order valence-corrected chi connectivity index (χ1v) is 4.79. The molecule has 1 heteroatoms. The minimum absolute atomic E-state index is 0.318. The lowest BCUT2D eigenvalue weighted by atomic mass is 9.95. The Kier molecular flexibility index (Phi) is 3.16. The highest BCUT2D eigenvalue weighted by atomic mass is 35.5. The molecule has 0 nitrogen and oxygen atoms in total. The van der Waals surface area contributed by atoms with Crippen LogP contribution in [0.5, 0.6) is 0 Å². The van der Waals surface area contributed by atoms with Gasteiger partial charge in [-0.1, -0.05) is 42.5 Å². The first kappa shape index (κ1) is 10.3. The predicted octanol–water partition coefficient (Wildman–Crippen LogP) is 3.80. The van der Waals surface area contributed by atoms with Crippen LogP contribution in [0.25, 0.3) is 0 Å². The van der Waals surface area contributed by atoms with Gasteiger partial charge in [0.05, 0.1) is 4.87 Å². The Balaban J connectivity index is 2.75. The second kappa shape index (κ2) is 3.97. The number of hydrogen-bond donors (Lipinski definition) is 0. The minimum atomic E-state index is -0.318. The molecular formula is C12H15Cl. The highest BCUT2D eigenvalue weighted by Crippen LogP contribution is 2.27. The summed E-state index contributed by atoms with van der Waals surface area (Å²) in [5.74, 6) is 0. The van der Waals surface area contributed by atoms with Crippen LogP contribution in [0.1, 0.15) is 19.4 Å². The summed E-state index contributed by atoms with van der Waals surface area (Å²) in [6, 6.07) is 10.2. The van der Waals surface area contributed by atoms with Crippen molar-refractivity contribution in [2.75, 3.05) is 0 Å². The lowest BCUT2D eigenvalue weighted by Crippen LogP contribution is -2.20. The Labute approximate surface area is 85.2 Å². The van der Waals surface area contributed by atoms with E-state index < -0.39 is 0 Å². The summed E-state index contributed by atoms with van der Waals surface area (Å²) in [5, 5.41) is 0. The number of halogens is 1. The van der Waals surface area contributed by atoms with Crippen LogP contribution in [0.4, 0.5) is 0 Å². The van der Waals surface area contributed by atoms with E-state index in [1.165, 1.54) is 5.56 Å². The second-order valence-electron chi connectivity index (χ2n) is 3.64. The molecule has 0 aliphatic rings. The standard InChI is InChI=1S/C12H15Cl/c1-10(2)12(3,13)9-11-7-5-4-6-8-11/h4-8H,1,9H2,2-3H3. The van der Waals surface area contributed by atoms with Gasteiger partial charge < -0.3 is 0 Å². The van der Waals surface area contributed by atoms with Gasteiger partial charge in [-0.25, -0.2) is 0 Å². The van der Waals surface area contributed by atoms with Gasteiger partial charge in [-0.15, -0.1) is 11.6 Å². The zero-order chi connectivity index (χ0) is 9.90. The van der Waals surface area contributed by atoms with Crippen molar-refractivity contribution >= 4 is 11.6 Å². The third-order valence-corrected chi connectivity index (χ3v) is 2.73. The summed E-state index contributed by atoms with van der Waals surface area (Å²) in [5.41, 5.74) is 2.26. The molecule has 0 spiro atoms. The largest absolute Gasteiger partial charge is 0.114 e. The summed E-state index contributed by atoms with van der Waals surface area (Å²) in [6.07, 6.45) is 0.838. The number of hydrogen-bond acceptors (Lipinski definition) is 0. The van der Waals surface area contributed by atoms with Crippen LogP contribution >= 0.6 is 11.6 Å². The van der Waals surface area contributed by atoms with Crippen LogP contribution in [0.15, 0.2) is 42.5 Å². The van der Waals surface area contributed by atoms with Crippen LogP contribution in [0, 0.1) is 0 Å². The SMILES string of the molecule is C=C(C)C(C)(Cl)Cc1ccccc1. The second-order valence-corrected chi connectivity index (χ2v) is 4.47. The van der Waals surface area contributed by atoms with Crippen molar-refractivity contribution in [2.24, 2.45) is 0 Å². The Morgan fingerprint density at radius 3 is 2.38 bits per heavy atom. The first-order chi connectivity index (χ1) is 6.02. The average Bonchev–Trinajstić information content (AvgIpc) is 2.05. The van der Waals surface area contributed by atoms with Crippen molar-refractivity contribution in [1.82, 2.24) is 0 Å². The van der Waals surface area contributed by atoms with Gasteiger partial charge in [-0.2, -0.15) is 0 Å². The molecule has 0 saturated heterocycles. The van der Waals surface area contributed by atoms with E-state index >= 15 is 0 Å². The summed E-state index contributed by atoms with van der Waals surface area (Å²) in [4.78, 5) is -0.318. The number of benzene rings is 1. The molecule has 13 heavy (non-hydrogen) atoms. The molecule has 0 heterocycles. The third-order valence-electron chi connectivity index (χ3n) is 2.27. The quantitative estimate of drug-likeness (QED) is 0.507. The molecule has 0 amide bonds. The molecule has 1 aromatic carbocycles. The molecular weight excluding hydrogens is 180 g/mol. The molecule has 70 valence electrons. The molecule has 0 aromatic heterocycles. The molecule has 1 aromatic rings. The highest BCUT2D eigenvalue weighted by molar-refractivity contribution is 6.25. The molecule has 0 bridgehead atoms. The van der Waals surface area contributed by atoms with Gasteiger partial charge in [-0.3, -0.25) is 0 Å². The van der Waals surface area contributed by atoms with Crippen molar-refractivity contribution in [3.05, 3.63) is 48.0 Å².